The number of aromatic nitrogens is 2. The average molecular weight is 492 g/mol. The normalized spacial score (nSPS) is 14.1. The second-order valence-corrected chi connectivity index (χ2v) is 8.73. The molecule has 1 N–H and O–H groups in total. The van der Waals surface area contributed by atoms with Crippen molar-refractivity contribution >= 4 is 43.9 Å². The molecular weight excluding hydrogens is 464 g/mol. The van der Waals surface area contributed by atoms with E-state index in [-0.39, 0.29) is 5.56 Å². The van der Waals surface area contributed by atoms with Gasteiger partial charge in [0.05, 0.1) is 5.52 Å². The van der Waals surface area contributed by atoms with Gasteiger partial charge in [-0.2, -0.15) is 0 Å². The molecule has 0 spiro atoms. The van der Waals surface area contributed by atoms with E-state index in [2.05, 4.69) is 32.8 Å². The van der Waals surface area contributed by atoms with Crippen molar-refractivity contribution in [2.24, 2.45) is 7.05 Å². The molecule has 4 nitrogen and oxygen atoms in total. The average Bonchev–Trinajstić information content (AvgIpc) is 3.12. The quantitative estimate of drug-likeness (QED) is 0.412. The second kappa shape index (κ2) is 9.92. The van der Waals surface area contributed by atoms with Gasteiger partial charge in [-0.3, -0.25) is 0 Å². The Kier molecular flexibility index (Phi) is 7.49. The number of nitrogens with zero attached hydrogens (tertiary/aromatic N) is 2. The molecule has 3 heterocycles. The second-order valence-electron chi connectivity index (χ2n) is 7.87. The summed E-state index contributed by atoms with van der Waals surface area (Å²) < 4.78 is 34.9. The van der Waals surface area contributed by atoms with Crippen LogP contribution in [0.25, 0.3) is 16.5 Å². The third-order valence-electron chi connectivity index (χ3n) is 5.14. The van der Waals surface area contributed by atoms with Crippen LogP contribution >= 0.6 is 15.9 Å². The highest BCUT2D eigenvalue weighted by molar-refractivity contribution is 9.10. The van der Waals surface area contributed by atoms with Crippen molar-refractivity contribution in [3.05, 3.63) is 58.8 Å². The molecule has 166 valence electrons. The number of benzene rings is 1. The van der Waals surface area contributed by atoms with Crippen LogP contribution in [0.15, 0.2) is 47.7 Å². The van der Waals surface area contributed by atoms with Gasteiger partial charge in [0, 0.05) is 66.3 Å². The Bertz CT molecular complexity index is 1060. The number of anilines is 2. The molecule has 7 heteroatoms. The number of pyridine rings is 1. The van der Waals surface area contributed by atoms with Gasteiger partial charge in [-0.1, -0.05) is 22.5 Å². The zero-order valence-corrected chi connectivity index (χ0v) is 19.7. The summed E-state index contributed by atoms with van der Waals surface area (Å²) in [6, 6.07) is 6.74. The SMILES string of the molecule is C1CCOCC1.C=C(C)c1cnc(Nc2ccc(Br)c(C(C)(F)F)c2)c2ccn(C)c12. The molecule has 1 saturated heterocycles. The van der Waals surface area contributed by atoms with Crippen molar-refractivity contribution in [1.29, 1.82) is 0 Å². The van der Waals surface area contributed by atoms with Crippen LogP contribution in [-0.2, 0) is 17.7 Å². The molecule has 0 saturated carbocycles. The monoisotopic (exact) mass is 491 g/mol. The third kappa shape index (κ3) is 5.71. The van der Waals surface area contributed by atoms with Gasteiger partial charge in [-0.15, -0.1) is 0 Å². The summed E-state index contributed by atoms with van der Waals surface area (Å²) in [4.78, 5) is 4.47. The third-order valence-corrected chi connectivity index (χ3v) is 5.84. The predicted octanol–water partition coefficient (Wildman–Crippen LogP) is 7.41. The minimum absolute atomic E-state index is 0.0691. The van der Waals surface area contributed by atoms with Gasteiger partial charge < -0.3 is 14.6 Å². The number of hydrogen-bond acceptors (Lipinski definition) is 3. The Morgan fingerprint density at radius 2 is 1.94 bits per heavy atom. The van der Waals surface area contributed by atoms with Crippen molar-refractivity contribution in [2.75, 3.05) is 18.5 Å². The fourth-order valence-corrected chi connectivity index (χ4v) is 4.09. The summed E-state index contributed by atoms with van der Waals surface area (Å²) in [6.45, 7) is 8.81. The largest absolute Gasteiger partial charge is 0.381 e. The van der Waals surface area contributed by atoms with E-state index in [0.717, 1.165) is 42.2 Å². The smallest absolute Gasteiger partial charge is 0.271 e. The molecule has 2 aromatic heterocycles. The summed E-state index contributed by atoms with van der Waals surface area (Å²) in [6.07, 6.45) is 7.62. The highest BCUT2D eigenvalue weighted by Gasteiger charge is 2.27. The first kappa shape index (κ1) is 23.4. The van der Waals surface area contributed by atoms with Gasteiger partial charge in [0.1, 0.15) is 5.82 Å². The van der Waals surface area contributed by atoms with Crippen LogP contribution < -0.4 is 5.32 Å². The van der Waals surface area contributed by atoms with Gasteiger partial charge in [0.15, 0.2) is 0 Å². The van der Waals surface area contributed by atoms with Gasteiger partial charge in [0.2, 0.25) is 0 Å². The number of fused-ring (bicyclic) bond motifs is 1. The van der Waals surface area contributed by atoms with E-state index in [9.17, 15) is 8.78 Å². The summed E-state index contributed by atoms with van der Waals surface area (Å²) in [5.74, 6) is -2.32. The van der Waals surface area contributed by atoms with E-state index >= 15 is 0 Å². The Balaban J connectivity index is 0.000000391. The molecule has 0 amide bonds. The van der Waals surface area contributed by atoms with Crippen molar-refractivity contribution in [2.45, 2.75) is 39.0 Å². The Hall–Kier alpha value is -2.25. The highest BCUT2D eigenvalue weighted by atomic mass is 79.9. The number of halogens is 3. The molecule has 3 aromatic rings. The van der Waals surface area contributed by atoms with Crippen LogP contribution in [0.4, 0.5) is 20.3 Å². The fraction of sp³-hybridized carbons (Fsp3) is 0.375. The van der Waals surface area contributed by atoms with Crippen molar-refractivity contribution in [3.8, 4) is 0 Å². The van der Waals surface area contributed by atoms with Gasteiger partial charge in [0.25, 0.3) is 5.92 Å². The maximum atomic E-state index is 13.7. The molecule has 1 aliphatic heterocycles. The molecule has 1 fully saturated rings. The topological polar surface area (TPSA) is 39.1 Å². The van der Waals surface area contributed by atoms with Gasteiger partial charge >= 0.3 is 0 Å². The summed E-state index contributed by atoms with van der Waals surface area (Å²) in [7, 11) is 1.95. The first-order valence-corrected chi connectivity index (χ1v) is 11.1. The number of ether oxygens (including phenoxy) is 1. The van der Waals surface area contributed by atoms with Crippen LogP contribution in [-0.4, -0.2) is 22.8 Å². The van der Waals surface area contributed by atoms with E-state index in [1.807, 2.05) is 30.8 Å². The Morgan fingerprint density at radius 3 is 2.48 bits per heavy atom. The van der Waals surface area contributed by atoms with Crippen LogP contribution in [0.3, 0.4) is 0 Å². The van der Waals surface area contributed by atoms with E-state index < -0.39 is 5.92 Å². The fourth-order valence-electron chi connectivity index (χ4n) is 3.49. The number of hydrogen-bond donors (Lipinski definition) is 1. The Morgan fingerprint density at radius 1 is 1.23 bits per heavy atom. The molecule has 0 aliphatic carbocycles. The molecule has 4 rings (SSSR count). The van der Waals surface area contributed by atoms with Crippen LogP contribution in [0.5, 0.6) is 0 Å². The van der Waals surface area contributed by atoms with Crippen molar-refractivity contribution < 1.29 is 13.5 Å². The van der Waals surface area contributed by atoms with Crippen molar-refractivity contribution in [1.82, 2.24) is 9.55 Å². The maximum absolute atomic E-state index is 13.7. The number of alkyl halides is 2. The number of rotatable bonds is 4. The number of allylic oxidation sites excluding steroid dienone is 1. The van der Waals surface area contributed by atoms with E-state index in [1.165, 1.54) is 25.3 Å². The first-order chi connectivity index (χ1) is 14.7. The minimum Gasteiger partial charge on any atom is -0.381 e. The molecule has 0 unspecified atom stereocenters. The molecule has 1 aromatic carbocycles. The summed E-state index contributed by atoms with van der Waals surface area (Å²) in [5, 5.41) is 4.07. The molecule has 0 atom stereocenters. The molecule has 0 bridgehead atoms. The number of nitrogens with one attached hydrogen (secondary N) is 1. The lowest BCUT2D eigenvalue weighted by Crippen LogP contribution is -2.08. The van der Waals surface area contributed by atoms with E-state index in [4.69, 9.17) is 4.74 Å². The lowest BCUT2D eigenvalue weighted by Gasteiger charge is -2.16. The number of aryl methyl sites for hydroxylation is 1. The van der Waals surface area contributed by atoms with Crippen LogP contribution in [0, 0.1) is 0 Å². The van der Waals surface area contributed by atoms with Gasteiger partial charge in [-0.05, 0) is 56.0 Å². The maximum Gasteiger partial charge on any atom is 0.271 e. The molecule has 31 heavy (non-hydrogen) atoms. The Labute approximate surface area is 190 Å². The van der Waals surface area contributed by atoms with E-state index in [0.29, 0.717) is 16.0 Å². The molecule has 1 aliphatic rings. The minimum atomic E-state index is -2.93. The van der Waals surface area contributed by atoms with Crippen molar-refractivity contribution in [3.63, 3.8) is 0 Å². The molecular formula is C24H28BrF2N3O. The zero-order valence-electron chi connectivity index (χ0n) is 18.1. The molecule has 0 radical (unpaired) electrons. The lowest BCUT2D eigenvalue weighted by molar-refractivity contribution is 0.0167. The van der Waals surface area contributed by atoms with E-state index in [1.54, 1.807) is 18.3 Å². The van der Waals surface area contributed by atoms with Crippen LogP contribution in [0.1, 0.15) is 44.2 Å². The zero-order chi connectivity index (χ0) is 22.6. The first-order valence-electron chi connectivity index (χ1n) is 10.3. The summed E-state index contributed by atoms with van der Waals surface area (Å²) in [5.41, 5.74) is 3.37. The standard InChI is InChI=1S/C19H18BrF2N3.C5H10O/c1-11(2)14-10-23-18(13-7-8-25(4)17(13)14)24-12-5-6-16(20)15(9-12)19(3,21)22;1-2-4-6-5-3-1/h5-10H,1H2,2-4H3,(H,23,24);1-5H2. The lowest BCUT2D eigenvalue weighted by atomic mass is 10.1. The summed E-state index contributed by atoms with van der Waals surface area (Å²) >= 11 is 3.18. The predicted molar refractivity (Wildman–Crippen MR) is 127 cm³/mol. The van der Waals surface area contributed by atoms with Crippen LogP contribution in [0.2, 0.25) is 0 Å². The van der Waals surface area contributed by atoms with Gasteiger partial charge in [-0.25, -0.2) is 13.8 Å². The highest BCUT2D eigenvalue weighted by Crippen LogP contribution is 2.36.